The summed E-state index contributed by atoms with van der Waals surface area (Å²) in [6, 6.07) is 5.70. The monoisotopic (exact) mass is 437 g/mol. The fourth-order valence-electron chi connectivity index (χ4n) is 1.88. The van der Waals surface area contributed by atoms with Gasteiger partial charge >= 0.3 is 0 Å². The third-order valence-electron chi connectivity index (χ3n) is 2.84. The van der Waals surface area contributed by atoms with Gasteiger partial charge in [-0.15, -0.1) is 24.0 Å². The third-order valence-corrected chi connectivity index (χ3v) is 3.93. The lowest BCUT2D eigenvalue weighted by atomic mass is 10.3. The molecule has 5 nitrogen and oxygen atoms in total. The van der Waals surface area contributed by atoms with E-state index < -0.39 is 0 Å². The fourth-order valence-corrected chi connectivity index (χ4v) is 2.55. The average molecular weight is 437 g/mol. The Kier molecular flexibility index (Phi) is 8.77. The molecule has 0 aliphatic carbocycles. The number of nitrogens with zero attached hydrogens (tertiary/aromatic N) is 1. The summed E-state index contributed by atoms with van der Waals surface area (Å²) in [6.07, 6.45) is 0.897. The molecule has 0 radical (unpaired) electrons. The van der Waals surface area contributed by atoms with Crippen molar-refractivity contribution in [1.82, 2.24) is 0 Å². The van der Waals surface area contributed by atoms with Crippen molar-refractivity contribution in [3.8, 4) is 11.5 Å². The van der Waals surface area contributed by atoms with E-state index in [0.717, 1.165) is 29.4 Å². The zero-order valence-electron chi connectivity index (χ0n) is 13.0. The number of benzene rings is 1. The molecule has 0 atom stereocenters. The second-order valence-electron chi connectivity index (χ2n) is 5.02. The standard InChI is InChI=1S/C15H23N3O2S.HI/c1-11(2)21-9-6-17-15(16)18-12-4-5-13-14(10-12)20-8-3-7-19-13;/h4-5,10-11H,3,6-9H2,1-2H3,(H3,16,17,18);1H. The Morgan fingerprint density at radius 3 is 2.77 bits per heavy atom. The van der Waals surface area contributed by atoms with Crippen LogP contribution in [0.2, 0.25) is 0 Å². The minimum atomic E-state index is 0. The van der Waals surface area contributed by atoms with E-state index >= 15 is 0 Å². The van der Waals surface area contributed by atoms with Crippen LogP contribution in [-0.2, 0) is 0 Å². The molecule has 0 saturated carbocycles. The first-order chi connectivity index (χ1) is 10.1. The average Bonchev–Trinajstić information content (AvgIpc) is 2.68. The Bertz CT molecular complexity index is 498. The predicted octanol–water partition coefficient (Wildman–Crippen LogP) is 3.33. The normalized spacial score (nSPS) is 14.2. The zero-order valence-corrected chi connectivity index (χ0v) is 16.1. The number of hydrogen-bond acceptors (Lipinski definition) is 4. The second-order valence-corrected chi connectivity index (χ2v) is 6.71. The van der Waals surface area contributed by atoms with Crippen LogP contribution >= 0.6 is 35.7 Å². The molecule has 0 spiro atoms. The van der Waals surface area contributed by atoms with Crippen molar-refractivity contribution < 1.29 is 9.47 Å². The fraction of sp³-hybridized carbons (Fsp3) is 0.533. The van der Waals surface area contributed by atoms with E-state index in [1.807, 2.05) is 30.0 Å². The SMILES string of the molecule is CC(C)SCCN=C(N)Nc1ccc2c(c1)OCCCO2.I. The largest absolute Gasteiger partial charge is 0.490 e. The molecule has 0 amide bonds. The maximum Gasteiger partial charge on any atom is 0.193 e. The van der Waals surface area contributed by atoms with Crippen molar-refractivity contribution in [2.75, 3.05) is 30.8 Å². The van der Waals surface area contributed by atoms with E-state index in [0.29, 0.717) is 31.0 Å². The number of nitrogens with one attached hydrogen (secondary N) is 1. The smallest absolute Gasteiger partial charge is 0.193 e. The van der Waals surface area contributed by atoms with Crippen LogP contribution < -0.4 is 20.5 Å². The molecule has 124 valence electrons. The van der Waals surface area contributed by atoms with Crippen molar-refractivity contribution >= 4 is 47.4 Å². The van der Waals surface area contributed by atoms with Crippen molar-refractivity contribution in [1.29, 1.82) is 0 Å². The molecule has 0 unspecified atom stereocenters. The number of rotatable bonds is 5. The van der Waals surface area contributed by atoms with Crippen LogP contribution in [0.1, 0.15) is 20.3 Å². The van der Waals surface area contributed by atoms with Gasteiger partial charge in [-0.25, -0.2) is 0 Å². The first-order valence-corrected chi connectivity index (χ1v) is 8.28. The molecule has 1 aliphatic rings. The number of nitrogens with two attached hydrogens (primary N) is 1. The second kappa shape index (κ2) is 10.0. The van der Waals surface area contributed by atoms with E-state index in [1.54, 1.807) is 0 Å². The molecule has 0 fully saturated rings. The highest BCUT2D eigenvalue weighted by Gasteiger charge is 2.10. The quantitative estimate of drug-likeness (QED) is 0.320. The Hall–Kier alpha value is -0.830. The highest BCUT2D eigenvalue weighted by atomic mass is 127. The summed E-state index contributed by atoms with van der Waals surface area (Å²) in [5.41, 5.74) is 6.75. The maximum absolute atomic E-state index is 5.89. The summed E-state index contributed by atoms with van der Waals surface area (Å²) in [5.74, 6) is 2.93. The lowest BCUT2D eigenvalue weighted by molar-refractivity contribution is 0.297. The molecule has 0 saturated heterocycles. The molecule has 3 N–H and O–H groups in total. The van der Waals surface area contributed by atoms with E-state index in [9.17, 15) is 0 Å². The summed E-state index contributed by atoms with van der Waals surface area (Å²) in [7, 11) is 0. The van der Waals surface area contributed by atoms with Crippen molar-refractivity contribution in [2.24, 2.45) is 10.7 Å². The molecule has 1 heterocycles. The summed E-state index contributed by atoms with van der Waals surface area (Å²) in [4.78, 5) is 4.31. The van der Waals surface area contributed by atoms with Gasteiger partial charge in [-0.05, 0) is 17.4 Å². The Morgan fingerprint density at radius 2 is 2.05 bits per heavy atom. The van der Waals surface area contributed by atoms with Crippen LogP contribution in [0.3, 0.4) is 0 Å². The molecule has 0 bridgehead atoms. The molecule has 1 aliphatic heterocycles. The van der Waals surface area contributed by atoms with E-state index in [4.69, 9.17) is 15.2 Å². The van der Waals surface area contributed by atoms with Crippen LogP contribution in [0.4, 0.5) is 5.69 Å². The summed E-state index contributed by atoms with van der Waals surface area (Å²) < 4.78 is 11.2. The minimum Gasteiger partial charge on any atom is -0.490 e. The van der Waals surface area contributed by atoms with Crippen LogP contribution in [0.5, 0.6) is 11.5 Å². The van der Waals surface area contributed by atoms with Gasteiger partial charge in [0, 0.05) is 23.9 Å². The van der Waals surface area contributed by atoms with E-state index in [1.165, 1.54) is 0 Å². The van der Waals surface area contributed by atoms with Crippen LogP contribution in [-0.4, -0.2) is 36.7 Å². The van der Waals surface area contributed by atoms with Crippen LogP contribution in [0.25, 0.3) is 0 Å². The van der Waals surface area contributed by atoms with Crippen molar-refractivity contribution in [2.45, 2.75) is 25.5 Å². The van der Waals surface area contributed by atoms with Crippen molar-refractivity contribution in [3.63, 3.8) is 0 Å². The number of fused-ring (bicyclic) bond motifs is 1. The van der Waals surface area contributed by atoms with E-state index in [2.05, 4.69) is 24.2 Å². The number of halogens is 1. The van der Waals surface area contributed by atoms with Crippen LogP contribution in [0, 0.1) is 0 Å². The first-order valence-electron chi connectivity index (χ1n) is 7.23. The van der Waals surface area contributed by atoms with Gasteiger partial charge in [0.05, 0.1) is 19.8 Å². The van der Waals surface area contributed by atoms with Gasteiger partial charge in [0.25, 0.3) is 0 Å². The van der Waals surface area contributed by atoms with E-state index in [-0.39, 0.29) is 24.0 Å². The minimum absolute atomic E-state index is 0. The third kappa shape index (κ3) is 6.51. The number of aliphatic imine (C=N–C) groups is 1. The van der Waals surface area contributed by atoms with Gasteiger partial charge < -0.3 is 20.5 Å². The lowest BCUT2D eigenvalue weighted by Gasteiger charge is -2.10. The predicted molar refractivity (Wildman–Crippen MR) is 105 cm³/mol. The maximum atomic E-state index is 5.89. The highest BCUT2D eigenvalue weighted by Crippen LogP contribution is 2.32. The molecular weight excluding hydrogens is 413 g/mol. The van der Waals surface area contributed by atoms with Gasteiger partial charge in [-0.3, -0.25) is 4.99 Å². The first kappa shape index (κ1) is 19.2. The van der Waals surface area contributed by atoms with Gasteiger partial charge in [0.2, 0.25) is 0 Å². The Balaban J connectivity index is 0.00000242. The summed E-state index contributed by atoms with van der Waals surface area (Å²) >= 11 is 1.87. The van der Waals surface area contributed by atoms with Crippen molar-refractivity contribution in [3.05, 3.63) is 18.2 Å². The van der Waals surface area contributed by atoms with Gasteiger partial charge in [-0.1, -0.05) is 13.8 Å². The van der Waals surface area contributed by atoms with Gasteiger partial charge in [0.15, 0.2) is 17.5 Å². The summed E-state index contributed by atoms with van der Waals surface area (Å²) in [5, 5.41) is 3.70. The molecule has 22 heavy (non-hydrogen) atoms. The molecule has 2 rings (SSSR count). The number of thioether (sulfide) groups is 1. The Morgan fingerprint density at radius 1 is 1.32 bits per heavy atom. The molecule has 1 aromatic rings. The van der Waals surface area contributed by atoms with Gasteiger partial charge in [0.1, 0.15) is 0 Å². The molecule has 0 aromatic heterocycles. The molecule has 7 heteroatoms. The highest BCUT2D eigenvalue weighted by molar-refractivity contribution is 14.0. The summed E-state index contributed by atoms with van der Waals surface area (Å²) in [6.45, 7) is 6.43. The number of guanidine groups is 1. The van der Waals surface area contributed by atoms with Crippen LogP contribution in [0.15, 0.2) is 23.2 Å². The number of ether oxygens (including phenoxy) is 2. The topological polar surface area (TPSA) is 68.9 Å². The number of anilines is 1. The zero-order chi connectivity index (χ0) is 15.1. The van der Waals surface area contributed by atoms with Gasteiger partial charge in [-0.2, -0.15) is 11.8 Å². The Labute approximate surface area is 153 Å². The lowest BCUT2D eigenvalue weighted by Crippen LogP contribution is -2.23. The number of hydrogen-bond donors (Lipinski definition) is 2. The molecular formula is C15H24IN3O2S. The molecule has 1 aromatic carbocycles.